The number of likely N-dealkylation sites (tertiary alicyclic amines) is 1. The number of nitrogens with zero attached hydrogens (tertiary/aromatic N) is 2. The van der Waals surface area contributed by atoms with Crippen molar-refractivity contribution in [3.8, 4) is 5.75 Å². The second-order valence-corrected chi connectivity index (χ2v) is 10.7. The summed E-state index contributed by atoms with van der Waals surface area (Å²) in [7, 11) is 0. The fourth-order valence-corrected chi connectivity index (χ4v) is 6.97. The smallest absolute Gasteiger partial charge is 0.115 e. The highest BCUT2D eigenvalue weighted by atomic mass is 16.3. The number of β-amino-alcohol motifs (C(OH)–C–C–N with tert-alkyl or cyclic N) is 1. The third kappa shape index (κ3) is 2.47. The number of rotatable bonds is 2. The number of fused-ring (bicyclic) bond motifs is 3. The molecule has 2 fully saturated rings. The van der Waals surface area contributed by atoms with E-state index in [0.717, 1.165) is 60.0 Å². The summed E-state index contributed by atoms with van der Waals surface area (Å²) < 4.78 is 0. The van der Waals surface area contributed by atoms with Crippen LogP contribution in [0.25, 0.3) is 10.9 Å². The maximum atomic E-state index is 12.6. The second kappa shape index (κ2) is 6.10. The molecule has 3 aromatic rings. The van der Waals surface area contributed by atoms with Crippen LogP contribution in [0.2, 0.25) is 0 Å². The molecule has 4 aliphatic rings. The Bertz CT molecular complexity index is 1270. The molecular weight excluding hydrogens is 400 g/mol. The predicted molar refractivity (Wildman–Crippen MR) is 122 cm³/mol. The zero-order valence-corrected chi connectivity index (χ0v) is 18.1. The molecule has 1 saturated carbocycles. The van der Waals surface area contributed by atoms with E-state index < -0.39 is 16.6 Å². The van der Waals surface area contributed by atoms with Crippen LogP contribution in [0.4, 0.5) is 0 Å². The minimum Gasteiger partial charge on any atom is -0.508 e. The van der Waals surface area contributed by atoms with E-state index in [1.807, 2.05) is 24.3 Å². The molecule has 1 aromatic heterocycles. The summed E-state index contributed by atoms with van der Waals surface area (Å²) in [6, 6.07) is 16.0. The van der Waals surface area contributed by atoms with Crippen molar-refractivity contribution in [3.63, 3.8) is 0 Å². The first-order valence-corrected chi connectivity index (χ1v) is 11.8. The molecule has 2 heterocycles. The molecule has 1 aliphatic heterocycles. The Balaban J connectivity index is 1.43. The highest BCUT2D eigenvalue weighted by molar-refractivity contribution is 5.79. The van der Waals surface area contributed by atoms with Gasteiger partial charge in [0.15, 0.2) is 0 Å². The first kappa shape index (κ1) is 19.0. The highest BCUT2D eigenvalue weighted by Crippen LogP contribution is 2.57. The van der Waals surface area contributed by atoms with E-state index in [4.69, 9.17) is 4.98 Å². The molecule has 0 amide bonds. The van der Waals surface area contributed by atoms with Gasteiger partial charge in [0.25, 0.3) is 0 Å². The topological polar surface area (TPSA) is 76.8 Å². The maximum absolute atomic E-state index is 12.6. The molecule has 3 atom stereocenters. The van der Waals surface area contributed by atoms with Crippen LogP contribution in [0, 0.1) is 0 Å². The van der Waals surface area contributed by atoms with Crippen molar-refractivity contribution in [1.29, 1.82) is 0 Å². The van der Waals surface area contributed by atoms with Crippen molar-refractivity contribution in [3.05, 3.63) is 70.9 Å². The van der Waals surface area contributed by atoms with Crippen LogP contribution in [0.15, 0.2) is 48.5 Å². The summed E-state index contributed by atoms with van der Waals surface area (Å²) in [4.78, 5) is 7.38. The van der Waals surface area contributed by atoms with Gasteiger partial charge in [-0.3, -0.25) is 9.88 Å². The summed E-state index contributed by atoms with van der Waals surface area (Å²) in [5.41, 5.74) is 3.44. The van der Waals surface area contributed by atoms with E-state index in [1.165, 1.54) is 5.56 Å². The van der Waals surface area contributed by atoms with Crippen molar-refractivity contribution < 1.29 is 15.3 Å². The van der Waals surface area contributed by atoms with Crippen molar-refractivity contribution in [2.24, 2.45) is 0 Å². The molecule has 0 unspecified atom stereocenters. The number of phenols is 1. The molecule has 0 radical (unpaired) electrons. The molecule has 2 aromatic carbocycles. The lowest BCUT2D eigenvalue weighted by Gasteiger charge is -2.63. The van der Waals surface area contributed by atoms with Gasteiger partial charge in [-0.15, -0.1) is 0 Å². The van der Waals surface area contributed by atoms with Crippen LogP contribution in [0.3, 0.4) is 0 Å². The van der Waals surface area contributed by atoms with Crippen LogP contribution in [0.1, 0.15) is 41.6 Å². The van der Waals surface area contributed by atoms with E-state index in [2.05, 4.69) is 23.1 Å². The number of hydrogen-bond acceptors (Lipinski definition) is 5. The third-order valence-electron chi connectivity index (χ3n) is 8.82. The number of aliphatic hydroxyl groups is 2. The fraction of sp³-hybridized carbons (Fsp3) is 0.444. The molecule has 5 heteroatoms. The Morgan fingerprint density at radius 1 is 0.969 bits per heavy atom. The number of piperidine rings is 1. The second-order valence-electron chi connectivity index (χ2n) is 10.7. The SMILES string of the molecule is Oc1ccc2c(c1)[C@]13CCN(CC4(O)CC4)[C@H](C2)[C@]1(O)Cc1cc2ccccc2nc1C3. The Kier molecular flexibility index (Phi) is 3.63. The molecule has 3 N–H and O–H groups in total. The maximum Gasteiger partial charge on any atom is 0.115 e. The van der Waals surface area contributed by atoms with Gasteiger partial charge in [-0.1, -0.05) is 24.3 Å². The molecular formula is C27H28N2O3. The molecule has 164 valence electrons. The minimum atomic E-state index is -0.964. The van der Waals surface area contributed by atoms with Crippen LogP contribution in [-0.4, -0.2) is 55.5 Å². The Morgan fingerprint density at radius 2 is 1.81 bits per heavy atom. The van der Waals surface area contributed by atoms with Gasteiger partial charge in [-0.2, -0.15) is 0 Å². The number of aromatic nitrogens is 1. The van der Waals surface area contributed by atoms with Gasteiger partial charge in [0.2, 0.25) is 0 Å². The zero-order chi connectivity index (χ0) is 21.7. The van der Waals surface area contributed by atoms with E-state index in [-0.39, 0.29) is 11.8 Å². The van der Waals surface area contributed by atoms with Crippen molar-refractivity contribution in [1.82, 2.24) is 9.88 Å². The number of phenolic OH excluding ortho intramolecular Hbond substituents is 1. The van der Waals surface area contributed by atoms with Crippen LogP contribution in [-0.2, 0) is 24.7 Å². The van der Waals surface area contributed by atoms with Crippen LogP contribution < -0.4 is 0 Å². The molecule has 7 rings (SSSR count). The molecule has 5 nitrogen and oxygen atoms in total. The number of hydrogen-bond donors (Lipinski definition) is 3. The summed E-state index contributed by atoms with van der Waals surface area (Å²) in [5, 5.41) is 34.7. The van der Waals surface area contributed by atoms with Crippen LogP contribution >= 0.6 is 0 Å². The van der Waals surface area contributed by atoms with E-state index in [0.29, 0.717) is 19.4 Å². The van der Waals surface area contributed by atoms with Crippen molar-refractivity contribution in [2.75, 3.05) is 13.1 Å². The van der Waals surface area contributed by atoms with Gasteiger partial charge in [0.1, 0.15) is 5.75 Å². The quantitative estimate of drug-likeness (QED) is 0.585. The summed E-state index contributed by atoms with van der Waals surface area (Å²) in [6.45, 7) is 1.47. The fourth-order valence-electron chi connectivity index (χ4n) is 6.97. The standard InChI is InChI=1S/C27H28N2O3/c30-20-6-5-17-12-24-27(32)14-19-11-18-3-1-2-4-22(18)28-23(19)15-26(27,21(17)13-20)9-10-29(24)16-25(31)7-8-25/h1-6,11,13,24,30-32H,7-10,12,14-16H2/t24-,26-,27-/m1/s1. The Hall–Kier alpha value is -2.47. The predicted octanol–water partition coefficient (Wildman–Crippen LogP) is 2.86. The van der Waals surface area contributed by atoms with E-state index >= 15 is 0 Å². The van der Waals surface area contributed by atoms with Gasteiger partial charge in [-0.25, -0.2) is 0 Å². The molecule has 3 aliphatic carbocycles. The number of benzene rings is 2. The lowest BCUT2D eigenvalue weighted by atomic mass is 9.49. The largest absolute Gasteiger partial charge is 0.508 e. The molecule has 2 bridgehead atoms. The normalized spacial score (nSPS) is 32.1. The Morgan fingerprint density at radius 3 is 2.66 bits per heavy atom. The lowest BCUT2D eigenvalue weighted by Crippen LogP contribution is -2.74. The number of para-hydroxylation sites is 1. The minimum absolute atomic E-state index is 0.0578. The van der Waals surface area contributed by atoms with Gasteiger partial charge in [0, 0.05) is 41.9 Å². The first-order chi connectivity index (χ1) is 15.4. The highest BCUT2D eigenvalue weighted by Gasteiger charge is 2.65. The average molecular weight is 429 g/mol. The molecule has 0 spiro atoms. The number of pyridine rings is 1. The first-order valence-electron chi connectivity index (χ1n) is 11.8. The Labute approximate surface area is 187 Å². The summed E-state index contributed by atoms with van der Waals surface area (Å²) in [6.07, 6.45) is 4.45. The van der Waals surface area contributed by atoms with Gasteiger partial charge >= 0.3 is 0 Å². The van der Waals surface area contributed by atoms with Gasteiger partial charge in [0.05, 0.1) is 16.7 Å². The molecule has 1 saturated heterocycles. The zero-order valence-electron chi connectivity index (χ0n) is 18.1. The van der Waals surface area contributed by atoms with Crippen molar-refractivity contribution in [2.45, 2.75) is 61.2 Å². The third-order valence-corrected chi connectivity index (χ3v) is 8.82. The summed E-state index contributed by atoms with van der Waals surface area (Å²) >= 11 is 0. The monoisotopic (exact) mass is 428 g/mol. The average Bonchev–Trinajstić information content (AvgIpc) is 3.50. The van der Waals surface area contributed by atoms with E-state index in [1.54, 1.807) is 6.07 Å². The van der Waals surface area contributed by atoms with Gasteiger partial charge in [-0.05, 0) is 73.2 Å². The summed E-state index contributed by atoms with van der Waals surface area (Å²) in [5.74, 6) is 0.255. The number of aromatic hydroxyl groups is 1. The van der Waals surface area contributed by atoms with Crippen LogP contribution in [0.5, 0.6) is 5.75 Å². The molecule has 32 heavy (non-hydrogen) atoms. The van der Waals surface area contributed by atoms with Gasteiger partial charge < -0.3 is 15.3 Å². The van der Waals surface area contributed by atoms with E-state index in [9.17, 15) is 15.3 Å². The lowest BCUT2D eigenvalue weighted by molar-refractivity contribution is -0.157. The van der Waals surface area contributed by atoms with Crippen molar-refractivity contribution >= 4 is 10.9 Å².